The van der Waals surface area contributed by atoms with Gasteiger partial charge in [-0.15, -0.1) is 0 Å². The predicted octanol–water partition coefficient (Wildman–Crippen LogP) is 2.57. The van der Waals surface area contributed by atoms with Gasteiger partial charge >= 0.3 is 5.97 Å². The van der Waals surface area contributed by atoms with Crippen LogP contribution in [0, 0.1) is 5.41 Å². The Balaban J connectivity index is 2.66. The van der Waals surface area contributed by atoms with Crippen LogP contribution >= 0.6 is 0 Å². The van der Waals surface area contributed by atoms with Crippen LogP contribution in [0.15, 0.2) is 0 Å². The Labute approximate surface area is 111 Å². The molecule has 0 saturated heterocycles. The molecule has 1 unspecified atom stereocenters. The summed E-state index contributed by atoms with van der Waals surface area (Å²) in [7, 11) is 0. The number of carboxylic acid groups (broad SMARTS) is 1. The predicted molar refractivity (Wildman–Crippen MR) is 66.0 cm³/mol. The molecule has 0 bridgehead atoms. The molecule has 1 fully saturated rings. The van der Waals surface area contributed by atoms with Gasteiger partial charge < -0.3 is 10.4 Å². The van der Waals surface area contributed by atoms with Crippen molar-refractivity contribution in [2.75, 3.05) is 0 Å². The summed E-state index contributed by atoms with van der Waals surface area (Å²) in [5.41, 5.74) is -0.633. The average Bonchev–Trinajstić information content (AvgIpc) is 2.53. The molecule has 0 radical (unpaired) electrons. The van der Waals surface area contributed by atoms with E-state index in [1.807, 2.05) is 0 Å². The molecule has 19 heavy (non-hydrogen) atoms. The lowest BCUT2D eigenvalue weighted by Gasteiger charge is -2.28. The molecule has 1 atom stereocenters. The van der Waals surface area contributed by atoms with E-state index in [-0.39, 0.29) is 0 Å². The highest BCUT2D eigenvalue weighted by atomic mass is 19.3. The molecule has 0 spiro atoms. The topological polar surface area (TPSA) is 66.4 Å². The summed E-state index contributed by atoms with van der Waals surface area (Å²) in [5, 5.41) is 11.1. The Hall–Kier alpha value is -1.20. The normalized spacial score (nSPS) is 20.6. The molecule has 0 aromatic rings. The van der Waals surface area contributed by atoms with Gasteiger partial charge in [0.1, 0.15) is 6.04 Å². The van der Waals surface area contributed by atoms with Crippen LogP contribution in [0.3, 0.4) is 0 Å². The zero-order valence-electron chi connectivity index (χ0n) is 11.1. The zero-order valence-corrected chi connectivity index (χ0v) is 11.1. The molecule has 1 rings (SSSR count). The SMILES string of the molecule is CC1(C(=O)NC(CC(F)F)C(=O)O)CCCCCC1. The van der Waals surface area contributed by atoms with E-state index < -0.39 is 36.2 Å². The molecule has 1 amide bonds. The van der Waals surface area contributed by atoms with E-state index in [2.05, 4.69) is 5.32 Å². The van der Waals surface area contributed by atoms with Crippen molar-refractivity contribution >= 4 is 11.9 Å². The zero-order chi connectivity index (χ0) is 14.5. The lowest BCUT2D eigenvalue weighted by molar-refractivity contribution is -0.145. The van der Waals surface area contributed by atoms with Crippen molar-refractivity contribution in [3.05, 3.63) is 0 Å². The summed E-state index contributed by atoms with van der Waals surface area (Å²) in [5.74, 6) is -1.83. The molecule has 110 valence electrons. The summed E-state index contributed by atoms with van der Waals surface area (Å²) in [6.07, 6.45) is 1.71. The van der Waals surface area contributed by atoms with Gasteiger partial charge in [0, 0.05) is 11.8 Å². The molecule has 0 aromatic heterocycles. The van der Waals surface area contributed by atoms with E-state index in [1.54, 1.807) is 6.92 Å². The Morgan fingerprint density at radius 2 is 1.74 bits per heavy atom. The first-order chi connectivity index (χ1) is 8.85. The van der Waals surface area contributed by atoms with Gasteiger partial charge in [0.05, 0.1) is 0 Å². The van der Waals surface area contributed by atoms with Crippen LogP contribution in [0.1, 0.15) is 51.9 Å². The number of rotatable bonds is 5. The van der Waals surface area contributed by atoms with Gasteiger partial charge in [0.25, 0.3) is 0 Å². The third-order valence-corrected chi connectivity index (χ3v) is 3.77. The summed E-state index contributed by atoms with van der Waals surface area (Å²) in [6, 6.07) is -1.51. The second-order valence-corrected chi connectivity index (χ2v) is 5.47. The maximum Gasteiger partial charge on any atom is 0.326 e. The van der Waals surface area contributed by atoms with Crippen molar-refractivity contribution in [1.82, 2.24) is 5.32 Å². The number of aliphatic carboxylic acids is 1. The number of hydrogen-bond donors (Lipinski definition) is 2. The second-order valence-electron chi connectivity index (χ2n) is 5.47. The van der Waals surface area contributed by atoms with Crippen LogP contribution in [0.25, 0.3) is 0 Å². The van der Waals surface area contributed by atoms with Crippen LogP contribution in [0.2, 0.25) is 0 Å². The first-order valence-corrected chi connectivity index (χ1v) is 6.67. The maximum absolute atomic E-state index is 12.3. The Morgan fingerprint density at radius 1 is 1.21 bits per heavy atom. The molecule has 6 heteroatoms. The third-order valence-electron chi connectivity index (χ3n) is 3.77. The minimum absolute atomic E-state index is 0.414. The minimum Gasteiger partial charge on any atom is -0.480 e. The highest BCUT2D eigenvalue weighted by molar-refractivity contribution is 5.87. The van der Waals surface area contributed by atoms with Gasteiger partial charge in [-0.2, -0.15) is 0 Å². The largest absolute Gasteiger partial charge is 0.480 e. The first kappa shape index (κ1) is 15.9. The molecule has 0 heterocycles. The van der Waals surface area contributed by atoms with Crippen molar-refractivity contribution in [1.29, 1.82) is 0 Å². The fourth-order valence-electron chi connectivity index (χ4n) is 2.47. The number of hydrogen-bond acceptors (Lipinski definition) is 2. The van der Waals surface area contributed by atoms with Crippen molar-refractivity contribution in [3.8, 4) is 0 Å². The maximum atomic E-state index is 12.3. The Bertz CT molecular complexity index is 326. The van der Waals surface area contributed by atoms with E-state index in [0.29, 0.717) is 12.8 Å². The molecule has 1 aliphatic carbocycles. The summed E-state index contributed by atoms with van der Waals surface area (Å²) < 4.78 is 24.6. The van der Waals surface area contributed by atoms with Crippen molar-refractivity contribution in [3.63, 3.8) is 0 Å². The van der Waals surface area contributed by atoms with Gasteiger partial charge in [-0.3, -0.25) is 4.79 Å². The van der Waals surface area contributed by atoms with Crippen LogP contribution in [-0.2, 0) is 9.59 Å². The summed E-state index contributed by atoms with van der Waals surface area (Å²) in [4.78, 5) is 23.0. The average molecular weight is 277 g/mol. The first-order valence-electron chi connectivity index (χ1n) is 6.67. The minimum atomic E-state index is -2.75. The van der Waals surface area contributed by atoms with Crippen molar-refractivity contribution < 1.29 is 23.5 Å². The Kier molecular flexibility index (Phi) is 5.69. The number of carbonyl (C=O) groups is 2. The molecule has 1 saturated carbocycles. The van der Waals surface area contributed by atoms with E-state index in [0.717, 1.165) is 25.7 Å². The van der Waals surface area contributed by atoms with Crippen molar-refractivity contribution in [2.24, 2.45) is 5.41 Å². The van der Waals surface area contributed by atoms with E-state index in [9.17, 15) is 18.4 Å². The number of halogens is 2. The van der Waals surface area contributed by atoms with Crippen LogP contribution in [0.5, 0.6) is 0 Å². The summed E-state index contributed by atoms with van der Waals surface area (Å²) in [6.45, 7) is 1.79. The molecular formula is C13H21F2NO3. The highest BCUT2D eigenvalue weighted by Crippen LogP contribution is 2.34. The van der Waals surface area contributed by atoms with Gasteiger partial charge in [-0.05, 0) is 12.8 Å². The quantitative estimate of drug-likeness (QED) is 0.759. The van der Waals surface area contributed by atoms with Gasteiger partial charge in [0.15, 0.2) is 0 Å². The van der Waals surface area contributed by atoms with Crippen molar-refractivity contribution in [2.45, 2.75) is 64.3 Å². The monoisotopic (exact) mass is 277 g/mol. The number of amides is 1. The third kappa shape index (κ3) is 4.76. The molecule has 1 aliphatic rings. The fraction of sp³-hybridized carbons (Fsp3) is 0.846. The van der Waals surface area contributed by atoms with Crippen LogP contribution in [-0.4, -0.2) is 29.5 Å². The smallest absolute Gasteiger partial charge is 0.326 e. The lowest BCUT2D eigenvalue weighted by Crippen LogP contribution is -2.48. The molecule has 0 aromatic carbocycles. The highest BCUT2D eigenvalue weighted by Gasteiger charge is 2.36. The standard InChI is InChI=1S/C13H21F2NO3/c1-13(6-4-2-3-5-7-13)12(19)16-9(11(17)18)8-10(14)15/h9-10H,2-8H2,1H3,(H,16,19)(H,17,18). The van der Waals surface area contributed by atoms with Crippen LogP contribution in [0.4, 0.5) is 8.78 Å². The number of alkyl halides is 2. The number of carbonyl (C=O) groups excluding carboxylic acids is 1. The number of carboxylic acids is 1. The van der Waals surface area contributed by atoms with Gasteiger partial charge in [-0.1, -0.05) is 32.6 Å². The number of nitrogens with one attached hydrogen (secondary N) is 1. The van der Waals surface area contributed by atoms with Gasteiger partial charge in [-0.25, -0.2) is 13.6 Å². The molecule has 0 aliphatic heterocycles. The van der Waals surface area contributed by atoms with E-state index in [4.69, 9.17) is 5.11 Å². The molecule has 4 nitrogen and oxygen atoms in total. The van der Waals surface area contributed by atoms with E-state index in [1.165, 1.54) is 0 Å². The Morgan fingerprint density at radius 3 is 2.16 bits per heavy atom. The van der Waals surface area contributed by atoms with Gasteiger partial charge in [0.2, 0.25) is 12.3 Å². The van der Waals surface area contributed by atoms with Crippen LogP contribution < -0.4 is 5.32 Å². The summed E-state index contributed by atoms with van der Waals surface area (Å²) >= 11 is 0. The molecular weight excluding hydrogens is 256 g/mol. The molecule has 2 N–H and O–H groups in total. The fourth-order valence-corrected chi connectivity index (χ4v) is 2.47. The second kappa shape index (κ2) is 6.82. The van der Waals surface area contributed by atoms with E-state index >= 15 is 0 Å². The lowest BCUT2D eigenvalue weighted by atomic mass is 9.81.